The molecule has 0 unspecified atom stereocenters. The van der Waals surface area contributed by atoms with Crippen molar-refractivity contribution in [2.45, 2.75) is 6.92 Å². The fourth-order valence-corrected chi connectivity index (χ4v) is 4.83. The fourth-order valence-electron chi connectivity index (χ4n) is 3.93. The molecule has 0 aliphatic rings. The molecule has 4 N–H and O–H groups in total. The number of nitrogen functional groups attached to an aromatic ring is 1. The molecule has 10 heteroatoms. The normalized spacial score (nSPS) is 11.5. The Morgan fingerprint density at radius 1 is 1.09 bits per heavy atom. The van der Waals surface area contributed by atoms with Crippen LogP contribution in [0.15, 0.2) is 55.0 Å². The van der Waals surface area contributed by atoms with Crippen molar-refractivity contribution >= 4 is 44.7 Å². The van der Waals surface area contributed by atoms with E-state index < -0.39 is 5.82 Å². The van der Waals surface area contributed by atoms with E-state index in [1.54, 1.807) is 30.6 Å². The van der Waals surface area contributed by atoms with Crippen LogP contribution in [0.2, 0.25) is 0 Å². The minimum Gasteiger partial charge on any atom is -0.397 e. The number of benzene rings is 1. The van der Waals surface area contributed by atoms with Gasteiger partial charge in [-0.05, 0) is 37.3 Å². The topological polar surface area (TPSA) is 126 Å². The summed E-state index contributed by atoms with van der Waals surface area (Å²) in [4.78, 5) is 29.9. The molecule has 0 fully saturated rings. The molecule has 0 amide bonds. The zero-order chi connectivity index (χ0) is 23.4. The summed E-state index contributed by atoms with van der Waals surface area (Å²) in [7, 11) is 0. The van der Waals surface area contributed by atoms with Crippen molar-refractivity contribution < 1.29 is 9.18 Å². The van der Waals surface area contributed by atoms with E-state index in [0.29, 0.717) is 55.3 Å². The van der Waals surface area contributed by atoms with Gasteiger partial charge in [0.15, 0.2) is 11.6 Å². The number of hydrogen-bond acceptors (Lipinski definition) is 7. The SMILES string of the molecule is CC(=O)c1ccc(-c2nccc3[nH]c(-c4n[nH]c5cc(F)c(-c6cncc(N)c6)cc45)nc23)s1. The van der Waals surface area contributed by atoms with E-state index in [4.69, 9.17) is 10.7 Å². The van der Waals surface area contributed by atoms with E-state index in [1.165, 1.54) is 30.5 Å². The third kappa shape index (κ3) is 3.23. The summed E-state index contributed by atoms with van der Waals surface area (Å²) in [5.41, 5.74) is 10.4. The average Bonchev–Trinajstić information content (AvgIpc) is 3.55. The van der Waals surface area contributed by atoms with Crippen LogP contribution in [0.5, 0.6) is 0 Å². The zero-order valence-corrected chi connectivity index (χ0v) is 18.6. The van der Waals surface area contributed by atoms with Gasteiger partial charge in [-0.15, -0.1) is 11.3 Å². The highest BCUT2D eigenvalue weighted by Gasteiger charge is 2.19. The molecule has 1 aromatic carbocycles. The van der Waals surface area contributed by atoms with Gasteiger partial charge in [-0.2, -0.15) is 5.10 Å². The fraction of sp³-hybridized carbons (Fsp3) is 0.0417. The Labute approximate surface area is 195 Å². The van der Waals surface area contributed by atoms with E-state index in [2.05, 4.69) is 25.1 Å². The second-order valence-corrected chi connectivity index (χ2v) is 8.90. The van der Waals surface area contributed by atoms with Crippen molar-refractivity contribution in [1.29, 1.82) is 0 Å². The number of pyridine rings is 2. The van der Waals surface area contributed by atoms with Gasteiger partial charge in [0.05, 0.1) is 26.5 Å². The molecule has 34 heavy (non-hydrogen) atoms. The maximum Gasteiger partial charge on any atom is 0.169 e. The van der Waals surface area contributed by atoms with Crippen molar-refractivity contribution in [1.82, 2.24) is 30.1 Å². The number of nitrogens with zero attached hydrogens (tertiary/aromatic N) is 4. The Kier molecular flexibility index (Phi) is 4.49. The number of rotatable bonds is 4. The molecule has 0 atom stereocenters. The van der Waals surface area contributed by atoms with Gasteiger partial charge in [0.2, 0.25) is 0 Å². The van der Waals surface area contributed by atoms with Crippen molar-refractivity contribution in [3.05, 3.63) is 65.7 Å². The number of aromatic nitrogens is 6. The van der Waals surface area contributed by atoms with Crippen LogP contribution in [-0.2, 0) is 0 Å². The lowest BCUT2D eigenvalue weighted by atomic mass is 10.0. The molecule has 6 rings (SSSR count). The Bertz CT molecular complexity index is 1730. The lowest BCUT2D eigenvalue weighted by Crippen LogP contribution is -1.90. The number of nitrogens with two attached hydrogens (primary N) is 1. The van der Waals surface area contributed by atoms with Gasteiger partial charge in [0, 0.05) is 41.2 Å². The summed E-state index contributed by atoms with van der Waals surface area (Å²) >= 11 is 1.37. The molecule has 0 aliphatic heterocycles. The first-order valence-electron chi connectivity index (χ1n) is 10.3. The number of carbonyl (C=O) groups excluding carboxylic acids is 1. The first kappa shape index (κ1) is 20.2. The Hall–Kier alpha value is -4.44. The van der Waals surface area contributed by atoms with Gasteiger partial charge in [-0.25, -0.2) is 9.37 Å². The number of aromatic amines is 2. The predicted molar refractivity (Wildman–Crippen MR) is 130 cm³/mol. The number of nitrogens with one attached hydrogen (secondary N) is 2. The van der Waals surface area contributed by atoms with Crippen LogP contribution in [-0.4, -0.2) is 35.9 Å². The smallest absolute Gasteiger partial charge is 0.169 e. The van der Waals surface area contributed by atoms with Gasteiger partial charge >= 0.3 is 0 Å². The van der Waals surface area contributed by atoms with Crippen LogP contribution in [0, 0.1) is 5.82 Å². The molecular formula is C24H16FN7OS. The lowest BCUT2D eigenvalue weighted by molar-refractivity contribution is 0.102. The van der Waals surface area contributed by atoms with E-state index in [0.717, 1.165) is 10.4 Å². The minimum absolute atomic E-state index is 0.00698. The Morgan fingerprint density at radius 2 is 1.97 bits per heavy atom. The quantitative estimate of drug-likeness (QED) is 0.304. The predicted octanol–water partition coefficient (Wildman–Crippen LogP) is 5.22. The second kappa shape index (κ2) is 7.56. The van der Waals surface area contributed by atoms with Crippen LogP contribution in [0.4, 0.5) is 10.1 Å². The first-order chi connectivity index (χ1) is 16.5. The lowest BCUT2D eigenvalue weighted by Gasteiger charge is -2.05. The molecule has 0 aliphatic carbocycles. The highest BCUT2D eigenvalue weighted by Crippen LogP contribution is 2.35. The van der Waals surface area contributed by atoms with E-state index in [9.17, 15) is 9.18 Å². The molecule has 0 radical (unpaired) electrons. The monoisotopic (exact) mass is 469 g/mol. The highest BCUT2D eigenvalue weighted by atomic mass is 32.1. The van der Waals surface area contributed by atoms with Gasteiger partial charge in [-0.1, -0.05) is 0 Å². The summed E-state index contributed by atoms with van der Waals surface area (Å²) in [6, 6.07) is 10.3. The molecule has 8 nitrogen and oxygen atoms in total. The molecule has 0 saturated carbocycles. The van der Waals surface area contributed by atoms with E-state index in [1.807, 2.05) is 12.1 Å². The van der Waals surface area contributed by atoms with Gasteiger partial charge in [0.25, 0.3) is 0 Å². The number of Topliss-reactive ketones (excluding diaryl/α,β-unsaturated/α-hetero) is 1. The number of hydrogen-bond donors (Lipinski definition) is 3. The maximum atomic E-state index is 14.8. The van der Waals surface area contributed by atoms with Crippen molar-refractivity contribution in [3.63, 3.8) is 0 Å². The van der Waals surface area contributed by atoms with Gasteiger partial charge < -0.3 is 10.7 Å². The number of thiophene rings is 1. The van der Waals surface area contributed by atoms with Crippen LogP contribution in [0.1, 0.15) is 16.6 Å². The zero-order valence-electron chi connectivity index (χ0n) is 17.8. The summed E-state index contributed by atoms with van der Waals surface area (Å²) in [5.74, 6) is 0.111. The molecule has 0 spiro atoms. The molecule has 5 heterocycles. The number of H-pyrrole nitrogens is 2. The number of anilines is 1. The average molecular weight is 470 g/mol. The number of fused-ring (bicyclic) bond motifs is 2. The highest BCUT2D eigenvalue weighted by molar-refractivity contribution is 7.17. The van der Waals surface area contributed by atoms with E-state index in [-0.39, 0.29) is 5.78 Å². The molecule has 0 saturated heterocycles. The van der Waals surface area contributed by atoms with Gasteiger partial charge in [-0.3, -0.25) is 19.9 Å². The second-order valence-electron chi connectivity index (χ2n) is 7.82. The standard InChI is InChI=1S/C24H16FN7OS/c1-11(33)19-2-3-20(34-19)23-22-17(4-5-28-23)29-24(30-22)21-15-7-14(12-6-13(26)10-27-9-12)16(25)8-18(15)31-32-21/h2-10H,26H2,1H3,(H,29,30)(H,31,32). The molecule has 0 bridgehead atoms. The summed E-state index contributed by atoms with van der Waals surface area (Å²) in [5, 5.41) is 7.98. The molecule has 166 valence electrons. The molecular weight excluding hydrogens is 453 g/mol. The van der Waals surface area contributed by atoms with Crippen LogP contribution in [0.25, 0.3) is 55.2 Å². The number of carbonyl (C=O) groups is 1. The van der Waals surface area contributed by atoms with Crippen molar-refractivity contribution in [2.24, 2.45) is 0 Å². The van der Waals surface area contributed by atoms with E-state index >= 15 is 0 Å². The summed E-state index contributed by atoms with van der Waals surface area (Å²) in [6.45, 7) is 1.54. The van der Waals surface area contributed by atoms with Crippen LogP contribution < -0.4 is 5.73 Å². The van der Waals surface area contributed by atoms with Crippen LogP contribution in [0.3, 0.4) is 0 Å². The van der Waals surface area contributed by atoms with Gasteiger partial charge in [0.1, 0.15) is 22.7 Å². The Morgan fingerprint density at radius 3 is 2.76 bits per heavy atom. The molecule has 5 aromatic heterocycles. The third-order valence-electron chi connectivity index (χ3n) is 5.53. The van der Waals surface area contributed by atoms with Crippen molar-refractivity contribution in [3.8, 4) is 33.2 Å². The van der Waals surface area contributed by atoms with Crippen LogP contribution >= 0.6 is 11.3 Å². The maximum absolute atomic E-state index is 14.8. The summed E-state index contributed by atoms with van der Waals surface area (Å²) in [6.07, 6.45) is 4.77. The third-order valence-corrected chi connectivity index (χ3v) is 6.73. The number of imidazole rings is 1. The summed E-state index contributed by atoms with van der Waals surface area (Å²) < 4.78 is 14.8. The number of ketones is 1. The molecule has 6 aromatic rings. The number of halogens is 1. The Balaban J connectivity index is 1.50. The van der Waals surface area contributed by atoms with Crippen molar-refractivity contribution in [2.75, 3.05) is 5.73 Å². The first-order valence-corrected chi connectivity index (χ1v) is 11.1. The minimum atomic E-state index is -0.412. The largest absolute Gasteiger partial charge is 0.397 e.